The summed E-state index contributed by atoms with van der Waals surface area (Å²) in [6.07, 6.45) is 0.0359. The second kappa shape index (κ2) is 5.79. The van der Waals surface area contributed by atoms with Gasteiger partial charge in [0, 0.05) is 11.3 Å². The minimum absolute atomic E-state index is 0.0359. The van der Waals surface area contributed by atoms with Crippen LogP contribution in [0.5, 0.6) is 0 Å². The number of primary amides is 1. The molecule has 3 N–H and O–H groups in total. The van der Waals surface area contributed by atoms with E-state index in [4.69, 9.17) is 5.73 Å². The molecule has 0 fully saturated rings. The Labute approximate surface area is 99.7 Å². The van der Waals surface area contributed by atoms with Gasteiger partial charge in [-0.2, -0.15) is 5.10 Å². The number of hydrogen-bond donors (Lipinski definition) is 2. The summed E-state index contributed by atoms with van der Waals surface area (Å²) in [6.45, 7) is 3.57. The first-order valence-corrected chi connectivity index (χ1v) is 5.17. The van der Waals surface area contributed by atoms with Crippen LogP contribution in [0.1, 0.15) is 29.3 Å². The van der Waals surface area contributed by atoms with Crippen LogP contribution in [0, 0.1) is 6.92 Å². The fraction of sp³-hybridized carbons (Fsp3) is 0.250. The summed E-state index contributed by atoms with van der Waals surface area (Å²) in [7, 11) is 0. The van der Waals surface area contributed by atoms with Crippen LogP contribution >= 0.6 is 0 Å². The lowest BCUT2D eigenvalue weighted by Gasteiger charge is -2.01. The zero-order valence-electron chi connectivity index (χ0n) is 9.86. The summed E-state index contributed by atoms with van der Waals surface area (Å²) in [5, 5.41) is 3.78. The Morgan fingerprint density at radius 3 is 2.41 bits per heavy atom. The number of nitrogens with one attached hydrogen (secondary N) is 1. The molecule has 0 unspecified atom stereocenters. The first kappa shape index (κ1) is 12.9. The molecule has 2 amide bonds. The molecular weight excluding hydrogens is 218 g/mol. The highest BCUT2D eigenvalue weighted by molar-refractivity contribution is 6.00. The van der Waals surface area contributed by atoms with Gasteiger partial charge in [-0.15, -0.1) is 0 Å². The topological polar surface area (TPSA) is 84.6 Å². The number of carbonyl (C=O) groups excluding carboxylic acids is 2. The molecule has 0 aromatic heterocycles. The molecule has 17 heavy (non-hydrogen) atoms. The number of aryl methyl sites for hydroxylation is 1. The quantitative estimate of drug-likeness (QED) is 0.600. The lowest BCUT2D eigenvalue weighted by Crippen LogP contribution is -2.21. The predicted molar refractivity (Wildman–Crippen MR) is 65.6 cm³/mol. The van der Waals surface area contributed by atoms with E-state index in [1.807, 2.05) is 19.1 Å². The molecule has 0 radical (unpaired) electrons. The third-order valence-electron chi connectivity index (χ3n) is 2.09. The van der Waals surface area contributed by atoms with Crippen LogP contribution in [0.2, 0.25) is 0 Å². The fourth-order valence-corrected chi connectivity index (χ4v) is 1.21. The van der Waals surface area contributed by atoms with Crippen molar-refractivity contribution in [2.75, 3.05) is 0 Å². The van der Waals surface area contributed by atoms with E-state index in [1.54, 1.807) is 19.1 Å². The molecule has 1 aromatic carbocycles. The molecule has 0 aliphatic rings. The van der Waals surface area contributed by atoms with Crippen molar-refractivity contribution in [2.45, 2.75) is 20.3 Å². The average Bonchev–Trinajstić information content (AvgIpc) is 2.26. The smallest absolute Gasteiger partial charge is 0.271 e. The van der Waals surface area contributed by atoms with Gasteiger partial charge in [-0.05, 0) is 26.0 Å². The third kappa shape index (κ3) is 4.46. The Kier molecular flexibility index (Phi) is 4.39. The Balaban J connectivity index is 2.61. The lowest BCUT2D eigenvalue weighted by atomic mass is 10.1. The van der Waals surface area contributed by atoms with Crippen LogP contribution < -0.4 is 11.2 Å². The molecule has 1 aromatic rings. The summed E-state index contributed by atoms with van der Waals surface area (Å²) in [5.74, 6) is -0.787. The highest BCUT2D eigenvalue weighted by Crippen LogP contribution is 2.02. The standard InChI is InChI=1S/C12H15N3O2/c1-8-3-5-10(6-4-8)12(17)15-14-9(2)7-11(13)16/h3-6H,7H2,1-2H3,(H2,13,16)(H,15,17). The number of nitrogens with two attached hydrogens (primary N) is 1. The zero-order valence-corrected chi connectivity index (χ0v) is 9.86. The van der Waals surface area contributed by atoms with Crippen molar-refractivity contribution in [3.63, 3.8) is 0 Å². The van der Waals surface area contributed by atoms with Crippen molar-refractivity contribution in [1.82, 2.24) is 5.43 Å². The maximum Gasteiger partial charge on any atom is 0.271 e. The number of hydrazone groups is 1. The predicted octanol–water partition coefficient (Wildman–Crippen LogP) is 0.976. The van der Waals surface area contributed by atoms with Gasteiger partial charge in [-0.1, -0.05) is 17.7 Å². The summed E-state index contributed by atoms with van der Waals surface area (Å²) >= 11 is 0. The van der Waals surface area contributed by atoms with E-state index in [2.05, 4.69) is 10.5 Å². The van der Waals surface area contributed by atoms with Gasteiger partial charge in [-0.3, -0.25) is 9.59 Å². The van der Waals surface area contributed by atoms with Crippen molar-refractivity contribution < 1.29 is 9.59 Å². The van der Waals surface area contributed by atoms with Gasteiger partial charge in [0.25, 0.3) is 5.91 Å². The molecule has 0 bridgehead atoms. The van der Waals surface area contributed by atoms with Gasteiger partial charge < -0.3 is 5.73 Å². The van der Waals surface area contributed by atoms with E-state index in [9.17, 15) is 9.59 Å². The summed E-state index contributed by atoms with van der Waals surface area (Å²) < 4.78 is 0. The first-order valence-electron chi connectivity index (χ1n) is 5.17. The molecule has 5 heteroatoms. The number of carbonyl (C=O) groups is 2. The van der Waals surface area contributed by atoms with Gasteiger partial charge in [0.15, 0.2) is 0 Å². The Bertz CT molecular complexity index is 449. The van der Waals surface area contributed by atoms with Gasteiger partial charge in [-0.25, -0.2) is 5.43 Å². The largest absolute Gasteiger partial charge is 0.369 e. The molecule has 0 spiro atoms. The molecule has 0 aliphatic heterocycles. The normalized spacial score (nSPS) is 11.1. The fourth-order valence-electron chi connectivity index (χ4n) is 1.21. The van der Waals surface area contributed by atoms with E-state index < -0.39 is 5.91 Å². The van der Waals surface area contributed by atoms with Crippen molar-refractivity contribution in [3.05, 3.63) is 35.4 Å². The van der Waals surface area contributed by atoms with Crippen LogP contribution in [0.25, 0.3) is 0 Å². The van der Waals surface area contributed by atoms with Crippen LogP contribution in [-0.2, 0) is 4.79 Å². The highest BCUT2D eigenvalue weighted by Gasteiger charge is 2.04. The number of benzene rings is 1. The van der Waals surface area contributed by atoms with Crippen LogP contribution in [-0.4, -0.2) is 17.5 Å². The number of hydrogen-bond acceptors (Lipinski definition) is 3. The van der Waals surface area contributed by atoms with E-state index in [-0.39, 0.29) is 12.3 Å². The lowest BCUT2D eigenvalue weighted by molar-refractivity contribution is -0.116. The van der Waals surface area contributed by atoms with E-state index in [1.165, 1.54) is 0 Å². The van der Waals surface area contributed by atoms with Gasteiger partial charge in [0.1, 0.15) is 0 Å². The molecule has 0 aliphatic carbocycles. The van der Waals surface area contributed by atoms with Gasteiger partial charge in [0.05, 0.1) is 6.42 Å². The summed E-state index contributed by atoms with van der Waals surface area (Å²) in [5.41, 5.74) is 9.43. The van der Waals surface area contributed by atoms with Crippen molar-refractivity contribution in [2.24, 2.45) is 10.8 Å². The molecule has 1 rings (SSSR count). The van der Waals surface area contributed by atoms with E-state index in [0.717, 1.165) is 5.56 Å². The average molecular weight is 233 g/mol. The minimum Gasteiger partial charge on any atom is -0.369 e. The summed E-state index contributed by atoms with van der Waals surface area (Å²) in [6, 6.07) is 7.11. The molecular formula is C12H15N3O2. The Morgan fingerprint density at radius 1 is 1.29 bits per heavy atom. The van der Waals surface area contributed by atoms with Crippen molar-refractivity contribution in [3.8, 4) is 0 Å². The van der Waals surface area contributed by atoms with E-state index in [0.29, 0.717) is 11.3 Å². The second-order valence-electron chi connectivity index (χ2n) is 3.80. The zero-order chi connectivity index (χ0) is 12.8. The van der Waals surface area contributed by atoms with Gasteiger partial charge in [0.2, 0.25) is 5.91 Å². The van der Waals surface area contributed by atoms with Crippen LogP contribution in [0.4, 0.5) is 0 Å². The second-order valence-corrected chi connectivity index (χ2v) is 3.80. The van der Waals surface area contributed by atoms with Crippen molar-refractivity contribution in [1.29, 1.82) is 0 Å². The number of amides is 2. The molecule has 0 atom stereocenters. The molecule has 90 valence electrons. The summed E-state index contributed by atoms with van der Waals surface area (Å²) in [4.78, 5) is 22.2. The molecule has 0 saturated carbocycles. The monoisotopic (exact) mass is 233 g/mol. The maximum atomic E-state index is 11.6. The first-order chi connectivity index (χ1) is 7.99. The van der Waals surface area contributed by atoms with Crippen LogP contribution in [0.15, 0.2) is 29.4 Å². The minimum atomic E-state index is -0.476. The van der Waals surface area contributed by atoms with Crippen molar-refractivity contribution >= 4 is 17.5 Å². The SMILES string of the molecule is CC(CC(N)=O)=NNC(=O)c1ccc(C)cc1. The Hall–Kier alpha value is -2.17. The molecule has 0 saturated heterocycles. The van der Waals surface area contributed by atoms with Gasteiger partial charge >= 0.3 is 0 Å². The molecule has 5 nitrogen and oxygen atoms in total. The number of rotatable bonds is 4. The number of nitrogens with zero attached hydrogens (tertiary/aromatic N) is 1. The molecule has 0 heterocycles. The Morgan fingerprint density at radius 2 is 1.88 bits per heavy atom. The maximum absolute atomic E-state index is 11.6. The van der Waals surface area contributed by atoms with Crippen LogP contribution in [0.3, 0.4) is 0 Å². The highest BCUT2D eigenvalue weighted by atomic mass is 16.2. The van der Waals surface area contributed by atoms with E-state index >= 15 is 0 Å². The third-order valence-corrected chi connectivity index (χ3v) is 2.09.